The minimum atomic E-state index is -1.19. The smallest absolute Gasteiger partial charge is 0.332 e. The van der Waals surface area contributed by atoms with E-state index in [1.165, 1.54) is 13.3 Å². The van der Waals surface area contributed by atoms with E-state index >= 15 is 0 Å². The number of rotatable bonds is 4. The van der Waals surface area contributed by atoms with Crippen molar-refractivity contribution in [1.29, 1.82) is 0 Å². The number of urea groups is 2. The lowest BCUT2D eigenvalue weighted by Gasteiger charge is -2.20. The van der Waals surface area contributed by atoms with E-state index in [2.05, 4.69) is 10.4 Å². The maximum atomic E-state index is 11.9. The van der Waals surface area contributed by atoms with Gasteiger partial charge in [0.2, 0.25) is 0 Å². The van der Waals surface area contributed by atoms with Gasteiger partial charge in [-0.2, -0.15) is 5.10 Å². The molecule has 0 aromatic carbocycles. The summed E-state index contributed by atoms with van der Waals surface area (Å²) in [5, 5.41) is 6.09. The maximum absolute atomic E-state index is 11.9. The van der Waals surface area contributed by atoms with Gasteiger partial charge in [0.25, 0.3) is 5.91 Å². The molecule has 0 radical (unpaired) electrons. The van der Waals surface area contributed by atoms with E-state index in [4.69, 9.17) is 5.73 Å². The Morgan fingerprint density at radius 1 is 1.65 bits per heavy atom. The zero-order chi connectivity index (χ0) is 13.1. The number of hydrogen-bond acceptors (Lipinski definition) is 4. The molecule has 0 aromatic heterocycles. The van der Waals surface area contributed by atoms with Crippen LogP contribution in [0.2, 0.25) is 0 Å². The molecule has 0 aliphatic carbocycles. The van der Waals surface area contributed by atoms with Crippen molar-refractivity contribution >= 4 is 24.2 Å². The van der Waals surface area contributed by atoms with E-state index in [0.717, 1.165) is 4.90 Å². The standard InChI is InChI=1S/C9H15N5O3/c1-3-4-9(5-11-13-7(10)16)6(15)14(2)8(17)12-9/h5H,3-4H2,1-2H3,(H,12,17)(H3,10,13,16). The quantitative estimate of drug-likeness (QED) is 0.345. The van der Waals surface area contributed by atoms with E-state index in [0.29, 0.717) is 12.8 Å². The Balaban J connectivity index is 2.91. The van der Waals surface area contributed by atoms with Crippen LogP contribution in [0.1, 0.15) is 19.8 Å². The molecule has 94 valence electrons. The fourth-order valence-electron chi connectivity index (χ4n) is 1.64. The fourth-order valence-corrected chi connectivity index (χ4v) is 1.64. The molecule has 1 atom stereocenters. The van der Waals surface area contributed by atoms with E-state index in [1.807, 2.05) is 12.3 Å². The number of hydrazone groups is 1. The van der Waals surface area contributed by atoms with Crippen molar-refractivity contribution in [2.75, 3.05) is 7.05 Å². The highest BCUT2D eigenvalue weighted by atomic mass is 16.2. The van der Waals surface area contributed by atoms with Crippen molar-refractivity contribution in [3.63, 3.8) is 0 Å². The third kappa shape index (κ3) is 2.52. The van der Waals surface area contributed by atoms with Crippen LogP contribution >= 0.6 is 0 Å². The first-order valence-electron chi connectivity index (χ1n) is 5.13. The molecule has 8 nitrogen and oxygen atoms in total. The molecule has 4 N–H and O–H groups in total. The van der Waals surface area contributed by atoms with Crippen LogP contribution in [-0.2, 0) is 4.79 Å². The van der Waals surface area contributed by atoms with E-state index in [-0.39, 0.29) is 0 Å². The Morgan fingerprint density at radius 2 is 2.29 bits per heavy atom. The predicted octanol–water partition coefficient (Wildman–Crippen LogP) is -0.639. The lowest BCUT2D eigenvalue weighted by Crippen LogP contribution is -2.49. The Kier molecular flexibility index (Phi) is 3.66. The number of nitrogens with zero attached hydrogens (tertiary/aromatic N) is 2. The van der Waals surface area contributed by atoms with Crippen LogP contribution in [0.4, 0.5) is 9.59 Å². The molecular formula is C9H15N5O3. The minimum absolute atomic E-state index is 0.395. The van der Waals surface area contributed by atoms with Gasteiger partial charge in [0.1, 0.15) is 0 Å². The van der Waals surface area contributed by atoms with Crippen molar-refractivity contribution in [1.82, 2.24) is 15.6 Å². The third-order valence-electron chi connectivity index (χ3n) is 2.42. The van der Waals surface area contributed by atoms with Crippen LogP contribution in [0, 0.1) is 0 Å². The van der Waals surface area contributed by atoms with Gasteiger partial charge < -0.3 is 11.1 Å². The predicted molar refractivity (Wildman–Crippen MR) is 60.2 cm³/mol. The van der Waals surface area contributed by atoms with Crippen molar-refractivity contribution in [2.45, 2.75) is 25.3 Å². The summed E-state index contributed by atoms with van der Waals surface area (Å²) in [5.41, 5.74) is 5.64. The number of hydrogen-bond donors (Lipinski definition) is 3. The molecule has 1 fully saturated rings. The topological polar surface area (TPSA) is 117 Å². The highest BCUT2D eigenvalue weighted by Crippen LogP contribution is 2.20. The first kappa shape index (κ1) is 12.9. The summed E-state index contributed by atoms with van der Waals surface area (Å²) in [4.78, 5) is 34.7. The van der Waals surface area contributed by atoms with Crippen LogP contribution in [0.5, 0.6) is 0 Å². The molecule has 0 aromatic rings. The summed E-state index contributed by atoms with van der Waals surface area (Å²) < 4.78 is 0. The average molecular weight is 241 g/mol. The van der Waals surface area contributed by atoms with Crippen molar-refractivity contribution in [3.8, 4) is 0 Å². The highest BCUT2D eigenvalue weighted by Gasteiger charge is 2.48. The molecule has 0 saturated carbocycles. The Labute approximate surface area is 98.2 Å². The zero-order valence-corrected chi connectivity index (χ0v) is 9.69. The number of amides is 5. The number of carbonyl (C=O) groups excluding carboxylic acids is 3. The molecule has 1 unspecified atom stereocenters. The SMILES string of the molecule is CCCC1(C=NNC(N)=O)NC(=O)N(C)C1=O. The summed E-state index contributed by atoms with van der Waals surface area (Å²) in [6.07, 6.45) is 2.26. The Morgan fingerprint density at radius 3 is 2.71 bits per heavy atom. The minimum Gasteiger partial charge on any atom is -0.350 e. The fraction of sp³-hybridized carbons (Fsp3) is 0.556. The van der Waals surface area contributed by atoms with Gasteiger partial charge in [-0.05, 0) is 6.42 Å². The number of carbonyl (C=O) groups is 3. The van der Waals surface area contributed by atoms with Crippen LogP contribution in [0.3, 0.4) is 0 Å². The molecule has 0 bridgehead atoms. The molecule has 17 heavy (non-hydrogen) atoms. The van der Waals surface area contributed by atoms with Crippen molar-refractivity contribution in [2.24, 2.45) is 10.8 Å². The van der Waals surface area contributed by atoms with E-state index in [9.17, 15) is 14.4 Å². The Hall–Kier alpha value is -2.12. The van der Waals surface area contributed by atoms with Gasteiger partial charge >= 0.3 is 12.1 Å². The second-order valence-electron chi connectivity index (χ2n) is 3.75. The van der Waals surface area contributed by atoms with Crippen LogP contribution in [0.25, 0.3) is 0 Å². The van der Waals surface area contributed by atoms with Gasteiger partial charge in [0, 0.05) is 7.05 Å². The molecule has 1 saturated heterocycles. The second kappa shape index (κ2) is 4.81. The monoisotopic (exact) mass is 241 g/mol. The summed E-state index contributed by atoms with van der Waals surface area (Å²) in [6.45, 7) is 1.87. The van der Waals surface area contributed by atoms with Crippen LogP contribution < -0.4 is 16.5 Å². The number of nitrogens with one attached hydrogen (secondary N) is 2. The molecule has 1 heterocycles. The van der Waals surface area contributed by atoms with Gasteiger partial charge in [0.05, 0.1) is 6.21 Å². The summed E-state index contributed by atoms with van der Waals surface area (Å²) in [5.74, 6) is -0.403. The van der Waals surface area contributed by atoms with Crippen molar-refractivity contribution < 1.29 is 14.4 Å². The van der Waals surface area contributed by atoms with Gasteiger partial charge in [-0.3, -0.25) is 9.69 Å². The Bertz CT molecular complexity index is 381. The molecule has 0 spiro atoms. The summed E-state index contributed by atoms with van der Waals surface area (Å²) >= 11 is 0. The van der Waals surface area contributed by atoms with Gasteiger partial charge in [0.15, 0.2) is 5.54 Å². The van der Waals surface area contributed by atoms with Crippen LogP contribution in [-0.4, -0.2) is 41.7 Å². The van der Waals surface area contributed by atoms with Gasteiger partial charge in [-0.25, -0.2) is 15.0 Å². The first-order valence-corrected chi connectivity index (χ1v) is 5.13. The van der Waals surface area contributed by atoms with Crippen molar-refractivity contribution in [3.05, 3.63) is 0 Å². The number of likely N-dealkylation sites (N-methyl/N-ethyl adjacent to an activating group) is 1. The summed E-state index contributed by atoms with van der Waals surface area (Å²) in [6, 6.07) is -1.33. The normalized spacial score (nSPS) is 24.2. The summed E-state index contributed by atoms with van der Waals surface area (Å²) in [7, 11) is 1.38. The first-order chi connectivity index (χ1) is 7.93. The number of nitrogens with two attached hydrogens (primary N) is 1. The number of primary amides is 1. The molecule has 8 heteroatoms. The van der Waals surface area contributed by atoms with E-state index < -0.39 is 23.5 Å². The third-order valence-corrected chi connectivity index (χ3v) is 2.42. The van der Waals surface area contributed by atoms with Crippen LogP contribution in [0.15, 0.2) is 5.10 Å². The highest BCUT2D eigenvalue weighted by molar-refractivity contribution is 6.16. The maximum Gasteiger partial charge on any atom is 0.332 e. The largest absolute Gasteiger partial charge is 0.350 e. The van der Waals surface area contributed by atoms with Gasteiger partial charge in [-0.15, -0.1) is 0 Å². The molecule has 1 aliphatic heterocycles. The average Bonchev–Trinajstić information content (AvgIpc) is 2.44. The molecule has 5 amide bonds. The van der Waals surface area contributed by atoms with Gasteiger partial charge in [-0.1, -0.05) is 13.3 Å². The lowest BCUT2D eigenvalue weighted by molar-refractivity contribution is -0.128. The second-order valence-corrected chi connectivity index (χ2v) is 3.75. The van der Waals surface area contributed by atoms with E-state index in [1.54, 1.807) is 0 Å². The number of imide groups is 1. The molecular weight excluding hydrogens is 226 g/mol. The molecule has 1 aliphatic rings. The lowest BCUT2D eigenvalue weighted by atomic mass is 9.95. The zero-order valence-electron chi connectivity index (χ0n) is 9.69. The molecule has 1 rings (SSSR count).